The summed E-state index contributed by atoms with van der Waals surface area (Å²) in [4.78, 5) is 0. The van der Waals surface area contributed by atoms with Crippen molar-refractivity contribution in [1.29, 1.82) is 0 Å². The molecule has 0 atom stereocenters. The van der Waals surface area contributed by atoms with Crippen molar-refractivity contribution in [2.45, 2.75) is 5.88 Å². The van der Waals surface area contributed by atoms with Crippen LogP contribution in [0.2, 0.25) is 0 Å². The van der Waals surface area contributed by atoms with E-state index in [9.17, 15) is 0 Å². The summed E-state index contributed by atoms with van der Waals surface area (Å²) in [7, 11) is 0. The lowest BCUT2D eigenvalue weighted by atomic mass is 10.2. The van der Waals surface area contributed by atoms with Crippen molar-refractivity contribution in [1.82, 2.24) is 20.4 Å². The third kappa shape index (κ3) is 2.12. The standard InChI is InChI=1S/C11H7ClN4OS/c12-6-8-13-16-11(18-8)10-15-14-9(17-10)7-4-2-1-3-5-7/h1-5H,6H2. The van der Waals surface area contributed by atoms with Crippen molar-refractivity contribution in [3.05, 3.63) is 35.3 Å². The number of benzene rings is 1. The summed E-state index contributed by atoms with van der Waals surface area (Å²) in [6, 6.07) is 9.56. The van der Waals surface area contributed by atoms with Crippen LogP contribution in [0.1, 0.15) is 5.01 Å². The Bertz CT molecular complexity index is 652. The molecule has 0 bridgehead atoms. The summed E-state index contributed by atoms with van der Waals surface area (Å²) in [5.74, 6) is 1.16. The van der Waals surface area contributed by atoms with Gasteiger partial charge < -0.3 is 4.42 Å². The summed E-state index contributed by atoms with van der Waals surface area (Å²) < 4.78 is 5.56. The number of hydrogen-bond acceptors (Lipinski definition) is 6. The molecule has 0 unspecified atom stereocenters. The molecule has 0 aliphatic carbocycles. The first-order chi connectivity index (χ1) is 8.86. The molecule has 0 radical (unpaired) electrons. The van der Waals surface area contributed by atoms with Gasteiger partial charge in [0.2, 0.25) is 10.9 Å². The molecule has 0 N–H and O–H groups in total. The lowest BCUT2D eigenvalue weighted by Crippen LogP contribution is -1.76. The molecule has 90 valence electrons. The van der Waals surface area contributed by atoms with Crippen LogP contribution < -0.4 is 0 Å². The van der Waals surface area contributed by atoms with Crippen LogP contribution in [0.4, 0.5) is 0 Å². The maximum Gasteiger partial charge on any atom is 0.279 e. The van der Waals surface area contributed by atoms with E-state index in [-0.39, 0.29) is 0 Å². The molecule has 0 amide bonds. The second-order valence-electron chi connectivity index (χ2n) is 3.41. The first kappa shape index (κ1) is 11.3. The Morgan fingerprint density at radius 3 is 2.50 bits per heavy atom. The van der Waals surface area contributed by atoms with Crippen LogP contribution in [0.5, 0.6) is 0 Å². The van der Waals surface area contributed by atoms with Gasteiger partial charge in [0.25, 0.3) is 5.89 Å². The van der Waals surface area contributed by atoms with Gasteiger partial charge in [-0.05, 0) is 12.1 Å². The Balaban J connectivity index is 1.94. The molecule has 3 rings (SSSR count). The van der Waals surface area contributed by atoms with Crippen molar-refractivity contribution >= 4 is 22.9 Å². The molecule has 0 saturated heterocycles. The van der Waals surface area contributed by atoms with Gasteiger partial charge in [0.15, 0.2) is 0 Å². The number of hydrogen-bond donors (Lipinski definition) is 0. The summed E-state index contributed by atoms with van der Waals surface area (Å²) in [6.07, 6.45) is 0. The summed E-state index contributed by atoms with van der Waals surface area (Å²) >= 11 is 7.01. The van der Waals surface area contributed by atoms with Gasteiger partial charge in [0, 0.05) is 5.56 Å². The average Bonchev–Trinajstić information content (AvgIpc) is 3.08. The molecule has 0 aliphatic heterocycles. The van der Waals surface area contributed by atoms with E-state index in [4.69, 9.17) is 16.0 Å². The van der Waals surface area contributed by atoms with E-state index >= 15 is 0 Å². The van der Waals surface area contributed by atoms with Crippen LogP contribution in [-0.2, 0) is 5.88 Å². The first-order valence-corrected chi connectivity index (χ1v) is 6.49. The second kappa shape index (κ2) is 4.83. The smallest absolute Gasteiger partial charge is 0.279 e. The summed E-state index contributed by atoms with van der Waals surface area (Å²) in [5, 5.41) is 17.1. The van der Waals surface area contributed by atoms with Gasteiger partial charge in [0.05, 0.1) is 5.88 Å². The molecule has 0 saturated carbocycles. The lowest BCUT2D eigenvalue weighted by Gasteiger charge is -1.91. The molecular formula is C11H7ClN4OS. The van der Waals surface area contributed by atoms with Crippen LogP contribution in [0.25, 0.3) is 22.4 Å². The zero-order valence-electron chi connectivity index (χ0n) is 9.08. The van der Waals surface area contributed by atoms with Crippen LogP contribution in [-0.4, -0.2) is 20.4 Å². The zero-order chi connectivity index (χ0) is 12.4. The Hall–Kier alpha value is -1.79. The van der Waals surface area contributed by atoms with Gasteiger partial charge in [-0.25, -0.2) is 0 Å². The molecule has 2 aromatic heterocycles. The van der Waals surface area contributed by atoms with Gasteiger partial charge in [-0.3, -0.25) is 0 Å². The third-order valence-corrected chi connectivity index (χ3v) is 3.53. The Labute approximate surface area is 111 Å². The minimum Gasteiger partial charge on any atom is -0.414 e. The Morgan fingerprint density at radius 1 is 1.00 bits per heavy atom. The summed E-state index contributed by atoms with van der Waals surface area (Å²) in [6.45, 7) is 0. The predicted molar refractivity (Wildman–Crippen MR) is 68.2 cm³/mol. The van der Waals surface area contributed by atoms with Crippen molar-refractivity contribution < 1.29 is 4.42 Å². The second-order valence-corrected chi connectivity index (χ2v) is 4.74. The van der Waals surface area contributed by atoms with Gasteiger partial charge in [-0.15, -0.1) is 32.0 Å². The van der Waals surface area contributed by atoms with Gasteiger partial charge >= 0.3 is 0 Å². The molecular weight excluding hydrogens is 272 g/mol. The van der Waals surface area contributed by atoms with E-state index in [0.717, 1.165) is 10.6 Å². The molecule has 1 aromatic carbocycles. The normalized spacial score (nSPS) is 10.7. The van der Waals surface area contributed by atoms with Crippen molar-refractivity contribution in [3.8, 4) is 22.4 Å². The third-order valence-electron chi connectivity index (χ3n) is 2.21. The van der Waals surface area contributed by atoms with Crippen molar-refractivity contribution in [2.24, 2.45) is 0 Å². The minimum atomic E-state index is 0.331. The number of rotatable bonds is 3. The maximum absolute atomic E-state index is 5.67. The van der Waals surface area contributed by atoms with Crippen molar-refractivity contribution in [3.63, 3.8) is 0 Å². The molecule has 3 aromatic rings. The quantitative estimate of drug-likeness (QED) is 0.689. The molecule has 0 fully saturated rings. The minimum absolute atomic E-state index is 0.331. The number of aromatic nitrogens is 4. The van der Waals surface area contributed by atoms with Gasteiger partial charge in [-0.2, -0.15) is 0 Å². The molecule has 0 aliphatic rings. The molecule has 7 heteroatoms. The highest BCUT2D eigenvalue weighted by Crippen LogP contribution is 2.26. The molecule has 18 heavy (non-hydrogen) atoms. The van der Waals surface area contributed by atoms with Crippen LogP contribution in [0.3, 0.4) is 0 Å². The van der Waals surface area contributed by atoms with E-state index in [1.807, 2.05) is 30.3 Å². The molecule has 0 spiro atoms. The summed E-state index contributed by atoms with van der Waals surface area (Å²) in [5.41, 5.74) is 0.873. The number of halogens is 1. The fraction of sp³-hybridized carbons (Fsp3) is 0.0909. The average molecular weight is 279 g/mol. The monoisotopic (exact) mass is 278 g/mol. The van der Waals surface area contributed by atoms with Gasteiger partial charge in [0.1, 0.15) is 5.01 Å². The number of nitrogens with zero attached hydrogens (tertiary/aromatic N) is 4. The van der Waals surface area contributed by atoms with Crippen LogP contribution in [0, 0.1) is 0 Å². The fourth-order valence-electron chi connectivity index (χ4n) is 1.40. The van der Waals surface area contributed by atoms with Crippen LogP contribution in [0.15, 0.2) is 34.7 Å². The maximum atomic E-state index is 5.67. The molecule has 5 nitrogen and oxygen atoms in total. The zero-order valence-corrected chi connectivity index (χ0v) is 10.6. The highest BCUT2D eigenvalue weighted by Gasteiger charge is 2.14. The lowest BCUT2D eigenvalue weighted by molar-refractivity contribution is 0.583. The highest BCUT2D eigenvalue weighted by molar-refractivity contribution is 7.14. The van der Waals surface area contributed by atoms with E-state index < -0.39 is 0 Å². The molecule has 2 heterocycles. The van der Waals surface area contributed by atoms with E-state index in [1.165, 1.54) is 11.3 Å². The topological polar surface area (TPSA) is 64.7 Å². The largest absolute Gasteiger partial charge is 0.414 e. The Morgan fingerprint density at radius 2 is 1.78 bits per heavy atom. The van der Waals surface area contributed by atoms with E-state index in [0.29, 0.717) is 22.7 Å². The highest BCUT2D eigenvalue weighted by atomic mass is 35.5. The first-order valence-electron chi connectivity index (χ1n) is 5.14. The predicted octanol–water partition coefficient (Wildman–Crippen LogP) is 2.99. The fourth-order valence-corrected chi connectivity index (χ4v) is 2.23. The van der Waals surface area contributed by atoms with Crippen molar-refractivity contribution in [2.75, 3.05) is 0 Å². The van der Waals surface area contributed by atoms with Gasteiger partial charge in [-0.1, -0.05) is 29.5 Å². The number of alkyl halides is 1. The van der Waals surface area contributed by atoms with Crippen LogP contribution >= 0.6 is 22.9 Å². The Kier molecular flexibility index (Phi) is 3.04. The SMILES string of the molecule is ClCc1nnc(-c2nnc(-c3ccccc3)o2)s1. The van der Waals surface area contributed by atoms with E-state index in [1.54, 1.807) is 0 Å². The van der Waals surface area contributed by atoms with E-state index in [2.05, 4.69) is 20.4 Å².